The molecule has 0 radical (unpaired) electrons. The zero-order chi connectivity index (χ0) is 35.2. The molecule has 1 heterocycles. The lowest BCUT2D eigenvalue weighted by Gasteiger charge is -2.34. The molecule has 16 heteroatoms. The molecular weight excluding hydrogens is 626 g/mol. The molecule has 0 amide bonds. The van der Waals surface area contributed by atoms with E-state index in [0.717, 1.165) is 22.9 Å². The van der Waals surface area contributed by atoms with Crippen LogP contribution >= 0.6 is 0 Å². The number of Topliss-reactive ketones (excluding diaryl/α,β-unsaturated/α-hetero) is 1. The Balaban J connectivity index is 2.50. The molecular formula is C30H32F6N4O6. The van der Waals surface area contributed by atoms with Crippen molar-refractivity contribution in [3.63, 3.8) is 0 Å². The molecule has 10 nitrogen and oxygen atoms in total. The van der Waals surface area contributed by atoms with Crippen molar-refractivity contribution >= 4 is 23.5 Å². The Morgan fingerprint density at radius 1 is 0.826 bits per heavy atom. The van der Waals surface area contributed by atoms with Crippen LogP contribution in [0.25, 0.3) is 0 Å². The number of anilines is 1. The number of phenols is 1. The normalized spacial score (nSPS) is 13.0. The molecule has 0 spiro atoms. The fourth-order valence-electron chi connectivity index (χ4n) is 4.50. The second-order valence-electron chi connectivity index (χ2n) is 12.4. The van der Waals surface area contributed by atoms with Crippen molar-refractivity contribution in [3.8, 4) is 5.75 Å². The van der Waals surface area contributed by atoms with E-state index in [4.69, 9.17) is 11.1 Å². The van der Waals surface area contributed by atoms with Crippen LogP contribution in [0, 0.1) is 5.41 Å². The molecule has 0 aliphatic carbocycles. The molecule has 0 aliphatic heterocycles. The molecule has 2 aromatic carbocycles. The summed E-state index contributed by atoms with van der Waals surface area (Å²) in [5, 5.41) is 19.7. The summed E-state index contributed by atoms with van der Waals surface area (Å²) in [5.74, 6) is -13.9. The molecule has 3 rings (SSSR count). The number of aromatic hydroxyl groups is 1. The predicted molar refractivity (Wildman–Crippen MR) is 150 cm³/mol. The monoisotopic (exact) mass is 658 g/mol. The van der Waals surface area contributed by atoms with Crippen LogP contribution in [0.15, 0.2) is 48.7 Å². The van der Waals surface area contributed by atoms with Gasteiger partial charge in [-0.2, -0.15) is 26.3 Å². The lowest BCUT2D eigenvalue weighted by molar-refractivity contribution is -0.281. The number of nitrogens with one attached hydrogen (secondary N) is 1. The van der Waals surface area contributed by atoms with E-state index in [1.54, 1.807) is 71.9 Å². The molecule has 4 N–H and O–H groups in total. The summed E-state index contributed by atoms with van der Waals surface area (Å²) in [6.07, 6.45) is -11.0. The van der Waals surface area contributed by atoms with Crippen LogP contribution in [0.1, 0.15) is 68.6 Å². The number of phenolic OH excluding ortho intramolecular Hbond substituents is 1. The minimum atomic E-state index is -5.93. The second-order valence-corrected chi connectivity index (χ2v) is 12.4. The van der Waals surface area contributed by atoms with Crippen LogP contribution in [0.4, 0.5) is 32.2 Å². The number of benzene rings is 2. The van der Waals surface area contributed by atoms with E-state index >= 15 is 0 Å². The molecule has 0 bridgehead atoms. The van der Waals surface area contributed by atoms with Gasteiger partial charge in [0.15, 0.2) is 0 Å². The van der Waals surface area contributed by atoms with Crippen molar-refractivity contribution in [2.75, 3.05) is 5.73 Å². The standard InChI is InChI=1S/C30H32F6N4O6/c1-26(2,3)18-12-17(13-19(21(18)41)27(4,5)6)22(42)30(45-23(43)28(31,32)33,46-24(44)29(34,35)36)40-20(37)15-39(25(40)38)14-16-10-8-7-9-11-16/h7-13,15,38,41H,14,37H2,1-6H3. The third kappa shape index (κ3) is 7.21. The van der Waals surface area contributed by atoms with E-state index in [1.807, 2.05) is 0 Å². The average molecular weight is 659 g/mol. The quantitative estimate of drug-likeness (QED) is 0.133. The van der Waals surface area contributed by atoms with Gasteiger partial charge in [-0.05, 0) is 28.5 Å². The van der Waals surface area contributed by atoms with Crippen molar-refractivity contribution in [1.29, 1.82) is 5.41 Å². The van der Waals surface area contributed by atoms with Gasteiger partial charge in [0.1, 0.15) is 11.6 Å². The molecule has 46 heavy (non-hydrogen) atoms. The summed E-state index contributed by atoms with van der Waals surface area (Å²) < 4.78 is 91.6. The number of nitrogens with zero attached hydrogens (tertiary/aromatic N) is 2. The van der Waals surface area contributed by atoms with Gasteiger partial charge < -0.3 is 24.9 Å². The largest absolute Gasteiger partial charge is 0.507 e. The number of alkyl halides is 6. The number of ether oxygens (including phenoxy) is 2. The average Bonchev–Trinajstić information content (AvgIpc) is 3.18. The van der Waals surface area contributed by atoms with Crippen molar-refractivity contribution in [2.24, 2.45) is 0 Å². The number of imidazole rings is 1. The Labute approximate surface area is 258 Å². The lowest BCUT2D eigenvalue weighted by atomic mass is 9.78. The van der Waals surface area contributed by atoms with Crippen molar-refractivity contribution in [1.82, 2.24) is 9.13 Å². The van der Waals surface area contributed by atoms with Crippen molar-refractivity contribution in [2.45, 2.75) is 77.2 Å². The molecule has 0 unspecified atom stereocenters. The summed E-state index contributed by atoms with van der Waals surface area (Å²) in [5.41, 5.74) is 2.74. The third-order valence-electron chi connectivity index (χ3n) is 6.72. The van der Waals surface area contributed by atoms with E-state index in [9.17, 15) is 45.8 Å². The smallest absolute Gasteiger partial charge is 0.491 e. The van der Waals surface area contributed by atoms with E-state index in [0.29, 0.717) is 5.56 Å². The maximum atomic E-state index is 14.4. The maximum absolute atomic E-state index is 14.4. The number of carbonyl (C=O) groups is 3. The first-order valence-electron chi connectivity index (χ1n) is 13.5. The van der Waals surface area contributed by atoms with E-state index in [-0.39, 0.29) is 28.0 Å². The minimum Gasteiger partial charge on any atom is -0.507 e. The SMILES string of the molecule is CC(C)(C)c1cc(C(=O)C(OC(=O)C(F)(F)F)(OC(=O)C(F)(F)F)n2c(N)cn(Cc3ccccc3)c2=N)cc(C(C)(C)C)c1O. The fraction of sp³-hybridized carbons (Fsp3) is 0.400. The summed E-state index contributed by atoms with van der Waals surface area (Å²) >= 11 is 0. The number of hydrogen-bond donors (Lipinski definition) is 3. The molecule has 0 saturated heterocycles. The van der Waals surface area contributed by atoms with Crippen LogP contribution in [-0.4, -0.2) is 44.3 Å². The van der Waals surface area contributed by atoms with Crippen LogP contribution in [0.2, 0.25) is 0 Å². The number of carbonyl (C=O) groups excluding carboxylic acids is 3. The molecule has 1 aromatic heterocycles. The highest BCUT2D eigenvalue weighted by atomic mass is 19.4. The van der Waals surface area contributed by atoms with Gasteiger partial charge in [-0.25, -0.2) is 14.2 Å². The first-order chi connectivity index (χ1) is 20.8. The number of nitrogen functional groups attached to an aromatic ring is 1. The van der Waals surface area contributed by atoms with Gasteiger partial charge in [-0.15, -0.1) is 0 Å². The zero-order valence-electron chi connectivity index (χ0n) is 25.6. The van der Waals surface area contributed by atoms with Gasteiger partial charge in [0.2, 0.25) is 5.62 Å². The highest BCUT2D eigenvalue weighted by molar-refractivity contribution is 6.03. The predicted octanol–water partition coefficient (Wildman–Crippen LogP) is 5.40. The number of aromatic nitrogens is 2. The van der Waals surface area contributed by atoms with Gasteiger partial charge in [0, 0.05) is 22.9 Å². The maximum Gasteiger partial charge on any atom is 0.491 e. The van der Waals surface area contributed by atoms with Crippen LogP contribution in [0.5, 0.6) is 5.75 Å². The van der Waals surface area contributed by atoms with Gasteiger partial charge in [-0.3, -0.25) is 10.2 Å². The number of nitrogens with two attached hydrogens (primary N) is 1. The zero-order valence-corrected chi connectivity index (χ0v) is 25.6. The van der Waals surface area contributed by atoms with Gasteiger partial charge >= 0.3 is 30.2 Å². The highest BCUT2D eigenvalue weighted by Crippen LogP contribution is 2.42. The van der Waals surface area contributed by atoms with E-state index in [2.05, 4.69) is 9.47 Å². The fourth-order valence-corrected chi connectivity index (χ4v) is 4.50. The van der Waals surface area contributed by atoms with Crippen molar-refractivity contribution in [3.05, 3.63) is 76.5 Å². The lowest BCUT2D eigenvalue weighted by Crippen LogP contribution is -2.57. The highest BCUT2D eigenvalue weighted by Gasteiger charge is 2.59. The summed E-state index contributed by atoms with van der Waals surface area (Å²) in [4.78, 5) is 39.0. The van der Waals surface area contributed by atoms with Crippen LogP contribution in [-0.2, 0) is 42.3 Å². The third-order valence-corrected chi connectivity index (χ3v) is 6.72. The molecule has 250 valence electrons. The van der Waals surface area contributed by atoms with Crippen LogP contribution in [0.3, 0.4) is 0 Å². The number of rotatable bonds is 7. The number of halogens is 6. The van der Waals surface area contributed by atoms with Crippen molar-refractivity contribution < 1.29 is 55.3 Å². The Morgan fingerprint density at radius 3 is 1.65 bits per heavy atom. The molecule has 0 fully saturated rings. The first kappa shape index (κ1) is 35.7. The minimum absolute atomic E-state index is 0.0205. The second kappa shape index (κ2) is 11.9. The number of esters is 2. The number of ketones is 1. The Kier molecular flexibility index (Phi) is 9.22. The summed E-state index contributed by atoms with van der Waals surface area (Å²) in [6, 6.07) is 9.91. The summed E-state index contributed by atoms with van der Waals surface area (Å²) in [7, 11) is 0. The van der Waals surface area contributed by atoms with Gasteiger partial charge in [-0.1, -0.05) is 71.9 Å². The molecule has 0 saturated carbocycles. The Hall–Kier alpha value is -4.76. The van der Waals surface area contributed by atoms with E-state index < -0.39 is 63.8 Å². The topological polar surface area (TPSA) is 150 Å². The molecule has 3 aromatic rings. The molecule has 0 atom stereocenters. The van der Waals surface area contributed by atoms with Gasteiger partial charge in [0.25, 0.3) is 5.78 Å². The van der Waals surface area contributed by atoms with Crippen LogP contribution < -0.4 is 11.4 Å². The summed E-state index contributed by atoms with van der Waals surface area (Å²) in [6.45, 7) is 9.35. The van der Waals surface area contributed by atoms with E-state index in [1.165, 1.54) is 0 Å². The first-order valence-corrected chi connectivity index (χ1v) is 13.5. The molecule has 0 aliphatic rings. The Morgan fingerprint density at radius 2 is 1.26 bits per heavy atom. The Bertz CT molecular complexity index is 1650. The van der Waals surface area contributed by atoms with Gasteiger partial charge in [0.05, 0.1) is 6.54 Å². The number of hydrogen-bond acceptors (Lipinski definition) is 8.